The van der Waals surface area contributed by atoms with E-state index in [2.05, 4.69) is 45.1 Å². The van der Waals surface area contributed by atoms with Gasteiger partial charge in [-0.3, -0.25) is 14.4 Å². The highest BCUT2D eigenvalue weighted by molar-refractivity contribution is 5.74. The van der Waals surface area contributed by atoms with E-state index >= 15 is 0 Å². The molecule has 0 amide bonds. The van der Waals surface area contributed by atoms with Gasteiger partial charge in [0.1, 0.15) is 18.8 Å². The number of aliphatic carboxylic acids is 1. The van der Waals surface area contributed by atoms with Crippen LogP contribution in [0.3, 0.4) is 0 Å². The smallest absolute Gasteiger partial charge is 0.335 e. The quantitative estimate of drug-likeness (QED) is 0.0228. The van der Waals surface area contributed by atoms with Crippen LogP contribution in [0.15, 0.2) is 24.3 Å². The molecule has 1 fully saturated rings. The SMILES string of the molecule is CCC/C=C\C/C=C\CCCCCCCC(=O)OC(COC(=O)CCCCCCCCCCCCCCCCC)COC1OC(C(=O)O)C(O)C(O)C1OC(=O)CCCCCCCCCCCCCCCCCCC. The molecule has 3 N–H and O–H groups in total. The van der Waals surface area contributed by atoms with Crippen molar-refractivity contribution in [3.8, 4) is 0 Å². The largest absolute Gasteiger partial charge is 0.479 e. The van der Waals surface area contributed by atoms with Crippen molar-refractivity contribution in [1.29, 1.82) is 0 Å². The van der Waals surface area contributed by atoms with Crippen LogP contribution >= 0.6 is 0 Å². The van der Waals surface area contributed by atoms with E-state index in [1.165, 1.54) is 154 Å². The molecule has 0 aromatic rings. The Labute approximate surface area is 458 Å². The molecular formula is C63H114O12. The van der Waals surface area contributed by atoms with Gasteiger partial charge in [0, 0.05) is 19.3 Å². The summed E-state index contributed by atoms with van der Waals surface area (Å²) >= 11 is 0. The second-order valence-electron chi connectivity index (χ2n) is 21.7. The summed E-state index contributed by atoms with van der Waals surface area (Å²) < 4.78 is 28.5. The van der Waals surface area contributed by atoms with Crippen LogP contribution < -0.4 is 0 Å². The van der Waals surface area contributed by atoms with Crippen molar-refractivity contribution >= 4 is 23.9 Å². The number of esters is 3. The summed E-state index contributed by atoms with van der Waals surface area (Å²) in [5.74, 6) is -3.10. The third kappa shape index (κ3) is 41.9. The molecular weight excluding hydrogens is 949 g/mol. The highest BCUT2D eigenvalue weighted by Gasteiger charge is 2.50. The second kappa shape index (κ2) is 51.9. The number of carboxylic acids is 1. The van der Waals surface area contributed by atoms with E-state index in [9.17, 15) is 34.5 Å². The fraction of sp³-hybridized carbons (Fsp3) is 0.873. The first-order valence-electron chi connectivity index (χ1n) is 31.3. The number of unbranched alkanes of at least 4 members (excludes halogenated alkanes) is 36. The average molecular weight is 1060 g/mol. The molecule has 0 aromatic carbocycles. The molecule has 1 saturated heterocycles. The predicted molar refractivity (Wildman–Crippen MR) is 303 cm³/mol. The molecule has 12 nitrogen and oxygen atoms in total. The maximum Gasteiger partial charge on any atom is 0.335 e. The van der Waals surface area contributed by atoms with Crippen molar-refractivity contribution in [2.75, 3.05) is 13.2 Å². The van der Waals surface area contributed by atoms with E-state index in [0.717, 1.165) is 89.9 Å². The Morgan fingerprint density at radius 1 is 0.440 bits per heavy atom. The summed E-state index contributed by atoms with van der Waals surface area (Å²) in [6.45, 7) is 5.96. The third-order valence-corrected chi connectivity index (χ3v) is 14.5. The molecule has 6 atom stereocenters. The summed E-state index contributed by atoms with van der Waals surface area (Å²) in [5.41, 5.74) is 0. The predicted octanol–water partition coefficient (Wildman–Crippen LogP) is 16.2. The standard InChI is InChI=1S/C63H114O12/c1-4-7-10-13-16-19-22-25-27-28-30-33-36-39-42-45-48-51-57(66)74-61-59(68)58(67)60(62(69)70)75-63(61)72-53-54(73-56(65)50-47-44-41-38-35-31-24-21-18-15-12-9-6-3)52-71-55(64)49-46-43-40-37-34-32-29-26-23-20-17-14-11-8-5-2/h12,15,21,24,54,58-61,63,67-68H,4-11,13-14,16-20,22-23,25-53H2,1-3H3,(H,69,70)/b15-12-,24-21-. The van der Waals surface area contributed by atoms with Gasteiger partial charge in [0.05, 0.1) is 6.61 Å². The maximum absolute atomic E-state index is 13.1. The lowest BCUT2D eigenvalue weighted by Crippen LogP contribution is -2.61. The van der Waals surface area contributed by atoms with Crippen molar-refractivity contribution in [2.24, 2.45) is 0 Å². The molecule has 1 heterocycles. The monoisotopic (exact) mass is 1060 g/mol. The van der Waals surface area contributed by atoms with Crippen LogP contribution in [-0.4, -0.2) is 89.2 Å². The van der Waals surface area contributed by atoms with E-state index in [-0.39, 0.29) is 25.9 Å². The fourth-order valence-corrected chi connectivity index (χ4v) is 9.70. The van der Waals surface area contributed by atoms with E-state index < -0.39 is 67.3 Å². The minimum absolute atomic E-state index is 0.0661. The second-order valence-corrected chi connectivity index (χ2v) is 21.7. The highest BCUT2D eigenvalue weighted by Crippen LogP contribution is 2.27. The van der Waals surface area contributed by atoms with Crippen LogP contribution in [0.1, 0.15) is 303 Å². The van der Waals surface area contributed by atoms with Gasteiger partial charge in [-0.15, -0.1) is 0 Å². The molecule has 0 aromatic heterocycles. The van der Waals surface area contributed by atoms with E-state index in [4.69, 9.17) is 23.7 Å². The molecule has 6 unspecified atom stereocenters. The first-order chi connectivity index (χ1) is 36.6. The minimum atomic E-state index is -1.90. The Hall–Kier alpha value is -2.80. The lowest BCUT2D eigenvalue weighted by atomic mass is 9.98. The number of hydrogen-bond donors (Lipinski definition) is 3. The number of hydrogen-bond acceptors (Lipinski definition) is 11. The molecule has 438 valence electrons. The molecule has 1 rings (SSSR count). The van der Waals surface area contributed by atoms with Gasteiger partial charge in [-0.25, -0.2) is 4.79 Å². The number of aliphatic hydroxyl groups is 2. The first-order valence-corrected chi connectivity index (χ1v) is 31.3. The van der Waals surface area contributed by atoms with Crippen LogP contribution in [0, 0.1) is 0 Å². The van der Waals surface area contributed by atoms with Gasteiger partial charge in [0.2, 0.25) is 0 Å². The third-order valence-electron chi connectivity index (χ3n) is 14.5. The van der Waals surface area contributed by atoms with Crippen LogP contribution in [0.2, 0.25) is 0 Å². The van der Waals surface area contributed by atoms with E-state index in [1.54, 1.807) is 0 Å². The zero-order chi connectivity index (χ0) is 54.7. The van der Waals surface area contributed by atoms with Crippen LogP contribution in [-0.2, 0) is 42.9 Å². The minimum Gasteiger partial charge on any atom is -0.479 e. The number of ether oxygens (including phenoxy) is 5. The van der Waals surface area contributed by atoms with Crippen molar-refractivity contribution in [2.45, 2.75) is 340 Å². The average Bonchev–Trinajstić information content (AvgIpc) is 3.39. The van der Waals surface area contributed by atoms with Crippen molar-refractivity contribution in [3.63, 3.8) is 0 Å². The fourth-order valence-electron chi connectivity index (χ4n) is 9.70. The van der Waals surface area contributed by atoms with Gasteiger partial charge >= 0.3 is 23.9 Å². The van der Waals surface area contributed by atoms with Gasteiger partial charge in [-0.1, -0.05) is 263 Å². The van der Waals surface area contributed by atoms with Gasteiger partial charge in [0.15, 0.2) is 24.6 Å². The van der Waals surface area contributed by atoms with Gasteiger partial charge in [-0.2, -0.15) is 0 Å². The lowest BCUT2D eigenvalue weighted by molar-refractivity contribution is -0.301. The van der Waals surface area contributed by atoms with Crippen molar-refractivity contribution < 1.29 is 58.2 Å². The van der Waals surface area contributed by atoms with E-state index in [1.807, 2.05) is 0 Å². The van der Waals surface area contributed by atoms with Crippen LogP contribution in [0.4, 0.5) is 0 Å². The number of aliphatic hydroxyl groups excluding tert-OH is 2. The Bertz CT molecular complexity index is 1400. The van der Waals surface area contributed by atoms with Crippen molar-refractivity contribution in [1.82, 2.24) is 0 Å². The summed E-state index contributed by atoms with van der Waals surface area (Å²) in [4.78, 5) is 51.2. The molecule has 1 aliphatic rings. The number of carbonyl (C=O) groups is 4. The molecule has 0 bridgehead atoms. The van der Waals surface area contributed by atoms with Gasteiger partial charge in [-0.05, 0) is 44.9 Å². The molecule has 0 radical (unpaired) electrons. The number of carbonyl (C=O) groups excluding carboxylic acids is 3. The summed E-state index contributed by atoms with van der Waals surface area (Å²) in [6.07, 6.45) is 47.1. The summed E-state index contributed by atoms with van der Waals surface area (Å²) in [7, 11) is 0. The molecule has 0 aliphatic carbocycles. The van der Waals surface area contributed by atoms with Crippen LogP contribution in [0.5, 0.6) is 0 Å². The lowest BCUT2D eigenvalue weighted by Gasteiger charge is -2.40. The molecule has 0 saturated carbocycles. The molecule has 12 heteroatoms. The van der Waals surface area contributed by atoms with Gasteiger partial charge in [0.25, 0.3) is 0 Å². The molecule has 75 heavy (non-hydrogen) atoms. The Morgan fingerprint density at radius 2 is 0.827 bits per heavy atom. The number of allylic oxidation sites excluding steroid dienone is 4. The topological polar surface area (TPSA) is 175 Å². The maximum atomic E-state index is 13.1. The Balaban J connectivity index is 2.65. The molecule has 0 spiro atoms. The summed E-state index contributed by atoms with van der Waals surface area (Å²) in [6, 6.07) is 0. The van der Waals surface area contributed by atoms with Gasteiger partial charge < -0.3 is 39.0 Å². The Morgan fingerprint density at radius 3 is 1.25 bits per heavy atom. The highest BCUT2D eigenvalue weighted by atomic mass is 16.7. The zero-order valence-corrected chi connectivity index (χ0v) is 48.3. The summed E-state index contributed by atoms with van der Waals surface area (Å²) in [5, 5.41) is 31.5. The normalized spacial score (nSPS) is 18.2. The van der Waals surface area contributed by atoms with E-state index in [0.29, 0.717) is 19.3 Å². The number of rotatable bonds is 54. The zero-order valence-electron chi connectivity index (χ0n) is 48.3. The molecule has 1 aliphatic heterocycles. The van der Waals surface area contributed by atoms with Crippen LogP contribution in [0.25, 0.3) is 0 Å². The first kappa shape index (κ1) is 70.2. The Kier molecular flexibility index (Phi) is 48.6. The number of carboxylic acid groups (broad SMARTS) is 1. The van der Waals surface area contributed by atoms with Crippen molar-refractivity contribution in [3.05, 3.63) is 24.3 Å².